The van der Waals surface area contributed by atoms with Crippen molar-refractivity contribution >= 4 is 34.8 Å². The summed E-state index contributed by atoms with van der Waals surface area (Å²) >= 11 is 5.47. The van der Waals surface area contributed by atoms with Gasteiger partial charge in [0, 0.05) is 18.8 Å². The van der Waals surface area contributed by atoms with E-state index < -0.39 is 0 Å². The number of likely N-dealkylation sites (N-methyl/N-ethyl adjacent to an activating group) is 1. The Bertz CT molecular complexity index is 548. The lowest BCUT2D eigenvalue weighted by molar-refractivity contribution is -0.121. The molecule has 0 aromatic heterocycles. The van der Waals surface area contributed by atoms with Gasteiger partial charge in [0.2, 0.25) is 5.91 Å². The zero-order valence-corrected chi connectivity index (χ0v) is 12.8. The summed E-state index contributed by atoms with van der Waals surface area (Å²) in [5, 5.41) is 2.67. The van der Waals surface area contributed by atoms with E-state index in [4.69, 9.17) is 16.3 Å². The second-order valence-electron chi connectivity index (χ2n) is 5.00. The summed E-state index contributed by atoms with van der Waals surface area (Å²) in [7, 11) is 3.89. The Kier molecular flexibility index (Phi) is 5.03. The highest BCUT2D eigenvalue weighted by Crippen LogP contribution is 2.34. The highest BCUT2D eigenvalue weighted by molar-refractivity contribution is 6.29. The van der Waals surface area contributed by atoms with Crippen molar-refractivity contribution in [3.05, 3.63) is 18.2 Å². The van der Waals surface area contributed by atoms with Gasteiger partial charge in [-0.1, -0.05) is 0 Å². The molecule has 0 aliphatic carbocycles. The number of carbonyl (C=O) groups excluding carboxylic acids is 2. The fraction of sp³-hybridized carbons (Fsp3) is 0.429. The molecule has 0 fully saturated rings. The first-order valence-corrected chi connectivity index (χ1v) is 7.12. The molecule has 1 aliphatic rings. The van der Waals surface area contributed by atoms with Gasteiger partial charge in [0.15, 0.2) is 6.61 Å². The lowest BCUT2D eigenvalue weighted by atomic mass is 10.2. The van der Waals surface area contributed by atoms with Crippen molar-refractivity contribution in [3.63, 3.8) is 0 Å². The van der Waals surface area contributed by atoms with Gasteiger partial charge < -0.3 is 19.9 Å². The van der Waals surface area contributed by atoms with Crippen molar-refractivity contribution in [2.45, 2.75) is 0 Å². The number of rotatable bonds is 5. The molecular formula is C14H18ClN3O3. The van der Waals surface area contributed by atoms with Gasteiger partial charge in [0.05, 0.1) is 5.69 Å². The molecule has 1 heterocycles. The molecule has 0 spiro atoms. The molecule has 114 valence electrons. The Morgan fingerprint density at radius 3 is 2.90 bits per heavy atom. The van der Waals surface area contributed by atoms with Crippen molar-refractivity contribution < 1.29 is 14.3 Å². The molecule has 6 nitrogen and oxygen atoms in total. The van der Waals surface area contributed by atoms with Gasteiger partial charge in [-0.25, -0.2) is 0 Å². The fourth-order valence-electron chi connectivity index (χ4n) is 2.02. The van der Waals surface area contributed by atoms with Crippen LogP contribution in [0.2, 0.25) is 0 Å². The van der Waals surface area contributed by atoms with Crippen LogP contribution in [0, 0.1) is 0 Å². The van der Waals surface area contributed by atoms with Crippen LogP contribution in [-0.4, -0.2) is 56.4 Å². The molecule has 0 atom stereocenters. The Morgan fingerprint density at radius 1 is 1.48 bits per heavy atom. The van der Waals surface area contributed by atoms with E-state index in [1.54, 1.807) is 23.1 Å². The first kappa shape index (κ1) is 15.6. The van der Waals surface area contributed by atoms with E-state index in [0.717, 1.165) is 6.54 Å². The molecule has 0 bridgehead atoms. The molecule has 1 aromatic rings. The smallest absolute Gasteiger partial charge is 0.265 e. The molecule has 2 rings (SSSR count). The minimum atomic E-state index is -0.292. The van der Waals surface area contributed by atoms with E-state index in [9.17, 15) is 9.59 Å². The molecule has 0 saturated heterocycles. The third-order valence-electron chi connectivity index (χ3n) is 3.08. The van der Waals surface area contributed by atoms with Crippen LogP contribution in [0.3, 0.4) is 0 Å². The minimum absolute atomic E-state index is 0.0355. The normalized spacial score (nSPS) is 13.9. The van der Waals surface area contributed by atoms with Crippen LogP contribution >= 0.6 is 11.6 Å². The monoisotopic (exact) mass is 311 g/mol. The van der Waals surface area contributed by atoms with Crippen LogP contribution in [-0.2, 0) is 9.59 Å². The Balaban J connectivity index is 2.24. The number of nitrogens with zero attached hydrogens (tertiary/aromatic N) is 2. The fourth-order valence-corrected chi connectivity index (χ4v) is 2.09. The van der Waals surface area contributed by atoms with E-state index in [0.29, 0.717) is 23.7 Å². The summed E-state index contributed by atoms with van der Waals surface area (Å²) in [6.07, 6.45) is 0. The van der Waals surface area contributed by atoms with Crippen molar-refractivity contribution in [2.75, 3.05) is 49.9 Å². The lowest BCUT2D eigenvalue weighted by Crippen LogP contribution is -2.42. The first-order chi connectivity index (χ1) is 10.0. The van der Waals surface area contributed by atoms with Crippen LogP contribution in [0.25, 0.3) is 0 Å². The standard InChI is InChI=1S/C14H18ClN3O3/c1-17(2)5-6-18-11-7-10(16-13(19)8-15)3-4-12(11)21-9-14(18)20/h3-4,7H,5-6,8-9H2,1-2H3,(H,16,19). The molecule has 1 aliphatic heterocycles. The highest BCUT2D eigenvalue weighted by atomic mass is 35.5. The summed E-state index contributed by atoms with van der Waals surface area (Å²) < 4.78 is 5.42. The zero-order valence-electron chi connectivity index (χ0n) is 12.1. The number of nitrogens with one attached hydrogen (secondary N) is 1. The quantitative estimate of drug-likeness (QED) is 0.829. The van der Waals surface area contributed by atoms with Gasteiger partial charge >= 0.3 is 0 Å². The number of anilines is 2. The minimum Gasteiger partial charge on any atom is -0.482 e. The average Bonchev–Trinajstić information content (AvgIpc) is 2.45. The summed E-state index contributed by atoms with van der Waals surface area (Å²) in [5.41, 5.74) is 1.26. The van der Waals surface area contributed by atoms with Crippen molar-refractivity contribution in [1.82, 2.24) is 4.90 Å². The van der Waals surface area contributed by atoms with Gasteiger partial charge in [-0.2, -0.15) is 0 Å². The number of hydrogen-bond donors (Lipinski definition) is 1. The molecule has 1 N–H and O–H groups in total. The number of alkyl halides is 1. The maximum absolute atomic E-state index is 12.0. The molecular weight excluding hydrogens is 294 g/mol. The number of amides is 2. The number of halogens is 1. The van der Waals surface area contributed by atoms with Crippen molar-refractivity contribution in [1.29, 1.82) is 0 Å². The van der Waals surface area contributed by atoms with Gasteiger partial charge in [-0.3, -0.25) is 9.59 Å². The molecule has 7 heteroatoms. The largest absolute Gasteiger partial charge is 0.482 e. The number of fused-ring (bicyclic) bond motifs is 1. The predicted molar refractivity (Wildman–Crippen MR) is 82.2 cm³/mol. The van der Waals surface area contributed by atoms with Gasteiger partial charge in [0.1, 0.15) is 11.6 Å². The molecule has 0 radical (unpaired) electrons. The summed E-state index contributed by atoms with van der Waals surface area (Å²) in [6.45, 7) is 1.34. The average molecular weight is 312 g/mol. The first-order valence-electron chi connectivity index (χ1n) is 6.59. The second kappa shape index (κ2) is 6.78. The SMILES string of the molecule is CN(C)CCN1C(=O)COc2ccc(NC(=O)CCl)cc21. The second-order valence-corrected chi connectivity index (χ2v) is 5.27. The molecule has 0 unspecified atom stereocenters. The topological polar surface area (TPSA) is 61.9 Å². The van der Waals surface area contributed by atoms with Crippen LogP contribution < -0.4 is 15.0 Å². The molecule has 1 aromatic carbocycles. The maximum Gasteiger partial charge on any atom is 0.265 e. The number of hydrogen-bond acceptors (Lipinski definition) is 4. The lowest BCUT2D eigenvalue weighted by Gasteiger charge is -2.30. The van der Waals surface area contributed by atoms with Crippen LogP contribution in [0.4, 0.5) is 11.4 Å². The number of carbonyl (C=O) groups is 2. The molecule has 2 amide bonds. The van der Waals surface area contributed by atoms with E-state index in [1.807, 2.05) is 19.0 Å². The Labute approximate surface area is 128 Å². The van der Waals surface area contributed by atoms with E-state index in [-0.39, 0.29) is 24.3 Å². The summed E-state index contributed by atoms with van der Waals surface area (Å²) in [5.74, 6) is 0.138. The van der Waals surface area contributed by atoms with Crippen LogP contribution in [0.15, 0.2) is 18.2 Å². The Hall–Kier alpha value is -1.79. The van der Waals surface area contributed by atoms with Gasteiger partial charge in [0.25, 0.3) is 5.91 Å². The molecule has 21 heavy (non-hydrogen) atoms. The van der Waals surface area contributed by atoms with Crippen LogP contribution in [0.1, 0.15) is 0 Å². The summed E-state index contributed by atoms with van der Waals surface area (Å²) in [6, 6.07) is 5.20. The highest BCUT2D eigenvalue weighted by Gasteiger charge is 2.25. The zero-order chi connectivity index (χ0) is 15.4. The third kappa shape index (κ3) is 3.86. The van der Waals surface area contributed by atoms with Crippen molar-refractivity contribution in [3.8, 4) is 5.75 Å². The van der Waals surface area contributed by atoms with Crippen LogP contribution in [0.5, 0.6) is 5.75 Å². The predicted octanol–water partition coefficient (Wildman–Crippen LogP) is 1.15. The van der Waals surface area contributed by atoms with E-state index in [1.165, 1.54) is 0 Å². The van der Waals surface area contributed by atoms with Gasteiger partial charge in [-0.15, -0.1) is 11.6 Å². The van der Waals surface area contributed by atoms with E-state index >= 15 is 0 Å². The van der Waals surface area contributed by atoms with E-state index in [2.05, 4.69) is 5.32 Å². The molecule has 0 saturated carbocycles. The summed E-state index contributed by atoms with van der Waals surface area (Å²) in [4.78, 5) is 27.1. The third-order valence-corrected chi connectivity index (χ3v) is 3.32. The number of benzene rings is 1. The number of ether oxygens (including phenoxy) is 1. The maximum atomic E-state index is 12.0. The van der Waals surface area contributed by atoms with Gasteiger partial charge in [-0.05, 0) is 32.3 Å². The van der Waals surface area contributed by atoms with Crippen molar-refractivity contribution in [2.24, 2.45) is 0 Å². The Morgan fingerprint density at radius 2 is 2.24 bits per heavy atom.